The standard InChI is InChI=1S/C21H19N3O2/c1-25-17-8-9-19(26-2)15(10-17)12-20-23-18-11-16(13-22-21(18)24-20)14-6-4-3-5-7-14/h3-11,13H,12H2,1-2H3,(H,22,23,24). The van der Waals surface area contributed by atoms with Gasteiger partial charge in [0.1, 0.15) is 17.3 Å². The number of hydrogen-bond acceptors (Lipinski definition) is 4. The van der Waals surface area contributed by atoms with Gasteiger partial charge >= 0.3 is 0 Å². The molecule has 130 valence electrons. The first kappa shape index (κ1) is 16.1. The van der Waals surface area contributed by atoms with E-state index in [0.29, 0.717) is 12.1 Å². The van der Waals surface area contributed by atoms with Crippen molar-refractivity contribution in [2.24, 2.45) is 0 Å². The van der Waals surface area contributed by atoms with Gasteiger partial charge in [0.15, 0.2) is 5.65 Å². The summed E-state index contributed by atoms with van der Waals surface area (Å²) in [5, 5.41) is 0. The second kappa shape index (κ2) is 6.88. The summed E-state index contributed by atoms with van der Waals surface area (Å²) < 4.78 is 10.8. The van der Waals surface area contributed by atoms with E-state index in [9.17, 15) is 0 Å². The molecule has 1 N–H and O–H groups in total. The van der Waals surface area contributed by atoms with Crippen LogP contribution in [-0.4, -0.2) is 29.2 Å². The third kappa shape index (κ3) is 3.11. The average molecular weight is 345 g/mol. The van der Waals surface area contributed by atoms with Crippen LogP contribution in [-0.2, 0) is 6.42 Å². The molecule has 2 aromatic heterocycles. The molecule has 26 heavy (non-hydrogen) atoms. The lowest BCUT2D eigenvalue weighted by atomic mass is 10.1. The van der Waals surface area contributed by atoms with Crippen molar-refractivity contribution in [3.63, 3.8) is 0 Å². The van der Waals surface area contributed by atoms with Gasteiger partial charge in [-0.05, 0) is 29.8 Å². The molecule has 4 aromatic rings. The highest BCUT2D eigenvalue weighted by Gasteiger charge is 2.11. The van der Waals surface area contributed by atoms with Crippen LogP contribution < -0.4 is 9.47 Å². The Hall–Kier alpha value is -3.34. The number of rotatable bonds is 5. The summed E-state index contributed by atoms with van der Waals surface area (Å²) >= 11 is 0. The molecule has 0 saturated carbocycles. The van der Waals surface area contributed by atoms with E-state index < -0.39 is 0 Å². The van der Waals surface area contributed by atoms with Crippen LogP contribution in [0.3, 0.4) is 0 Å². The summed E-state index contributed by atoms with van der Waals surface area (Å²) in [6, 6.07) is 18.0. The van der Waals surface area contributed by atoms with E-state index in [1.165, 1.54) is 0 Å². The van der Waals surface area contributed by atoms with Gasteiger partial charge in [-0.1, -0.05) is 30.3 Å². The topological polar surface area (TPSA) is 60.0 Å². The third-order valence-corrected chi connectivity index (χ3v) is 4.34. The summed E-state index contributed by atoms with van der Waals surface area (Å²) in [7, 11) is 3.32. The Kier molecular flexibility index (Phi) is 4.27. The number of aromatic amines is 1. The minimum absolute atomic E-state index is 0.609. The minimum Gasteiger partial charge on any atom is -0.497 e. The van der Waals surface area contributed by atoms with Crippen molar-refractivity contribution < 1.29 is 9.47 Å². The molecule has 0 bridgehead atoms. The summed E-state index contributed by atoms with van der Waals surface area (Å²) in [6.07, 6.45) is 2.46. The maximum Gasteiger partial charge on any atom is 0.177 e. The number of methoxy groups -OCH3 is 2. The molecule has 0 radical (unpaired) electrons. The molecule has 5 nitrogen and oxygen atoms in total. The van der Waals surface area contributed by atoms with Gasteiger partial charge in [-0.15, -0.1) is 0 Å². The van der Waals surface area contributed by atoms with Gasteiger partial charge in [-0.3, -0.25) is 0 Å². The second-order valence-corrected chi connectivity index (χ2v) is 6.00. The Morgan fingerprint density at radius 3 is 2.54 bits per heavy atom. The van der Waals surface area contributed by atoms with Crippen LogP contribution in [0.2, 0.25) is 0 Å². The van der Waals surface area contributed by atoms with Gasteiger partial charge in [-0.2, -0.15) is 0 Å². The molecule has 0 atom stereocenters. The molecule has 0 aliphatic rings. The summed E-state index contributed by atoms with van der Waals surface area (Å²) in [6.45, 7) is 0. The fourth-order valence-corrected chi connectivity index (χ4v) is 3.02. The predicted octanol–water partition coefficient (Wildman–Crippen LogP) is 4.23. The van der Waals surface area contributed by atoms with Crippen molar-refractivity contribution in [1.29, 1.82) is 0 Å². The molecule has 2 heterocycles. The molecule has 0 unspecified atom stereocenters. The number of nitrogens with zero attached hydrogens (tertiary/aromatic N) is 2. The van der Waals surface area contributed by atoms with Gasteiger partial charge in [0.25, 0.3) is 0 Å². The van der Waals surface area contributed by atoms with Gasteiger partial charge in [0.2, 0.25) is 0 Å². The lowest BCUT2D eigenvalue weighted by Crippen LogP contribution is -1.96. The molecule has 0 fully saturated rings. The van der Waals surface area contributed by atoms with Crippen molar-refractivity contribution in [3.8, 4) is 22.6 Å². The first-order chi connectivity index (χ1) is 12.8. The number of H-pyrrole nitrogens is 1. The van der Waals surface area contributed by atoms with Gasteiger partial charge in [0, 0.05) is 23.7 Å². The Morgan fingerprint density at radius 2 is 1.77 bits per heavy atom. The van der Waals surface area contributed by atoms with Gasteiger partial charge in [0.05, 0.1) is 19.7 Å². The second-order valence-electron chi connectivity index (χ2n) is 6.00. The predicted molar refractivity (Wildman–Crippen MR) is 102 cm³/mol. The quantitative estimate of drug-likeness (QED) is 0.588. The molecule has 0 spiro atoms. The maximum atomic E-state index is 5.46. The maximum absolute atomic E-state index is 5.46. The molecule has 4 rings (SSSR count). The van der Waals surface area contributed by atoms with E-state index in [0.717, 1.165) is 39.5 Å². The Morgan fingerprint density at radius 1 is 0.923 bits per heavy atom. The minimum atomic E-state index is 0.609. The molecule has 2 aromatic carbocycles. The summed E-state index contributed by atoms with van der Waals surface area (Å²) in [4.78, 5) is 12.5. The van der Waals surface area contributed by atoms with Crippen molar-refractivity contribution in [2.75, 3.05) is 14.2 Å². The first-order valence-electron chi connectivity index (χ1n) is 8.38. The highest BCUT2D eigenvalue weighted by atomic mass is 16.5. The van der Waals surface area contributed by atoms with Crippen LogP contribution in [0.15, 0.2) is 60.8 Å². The van der Waals surface area contributed by atoms with Gasteiger partial charge < -0.3 is 14.5 Å². The number of ether oxygens (including phenoxy) is 2. The van der Waals surface area contributed by atoms with Crippen LogP contribution >= 0.6 is 0 Å². The van der Waals surface area contributed by atoms with E-state index in [1.807, 2.05) is 42.6 Å². The number of fused-ring (bicyclic) bond motifs is 1. The summed E-state index contributed by atoms with van der Waals surface area (Å²) in [5.41, 5.74) is 4.83. The van der Waals surface area contributed by atoms with Crippen molar-refractivity contribution in [3.05, 3.63) is 72.2 Å². The molecular weight excluding hydrogens is 326 g/mol. The Labute approximate surface area is 151 Å². The zero-order valence-corrected chi connectivity index (χ0v) is 14.7. The number of pyridine rings is 1. The zero-order chi connectivity index (χ0) is 17.9. The van der Waals surface area contributed by atoms with E-state index in [2.05, 4.69) is 33.2 Å². The molecule has 0 aliphatic heterocycles. The van der Waals surface area contributed by atoms with E-state index in [1.54, 1.807) is 14.2 Å². The van der Waals surface area contributed by atoms with Crippen molar-refractivity contribution in [2.45, 2.75) is 6.42 Å². The average Bonchev–Trinajstić information content (AvgIpc) is 3.10. The van der Waals surface area contributed by atoms with Crippen LogP contribution in [0.5, 0.6) is 11.5 Å². The van der Waals surface area contributed by atoms with Crippen LogP contribution in [0.1, 0.15) is 11.4 Å². The van der Waals surface area contributed by atoms with Crippen LogP contribution in [0.4, 0.5) is 0 Å². The number of benzene rings is 2. The largest absolute Gasteiger partial charge is 0.497 e. The van der Waals surface area contributed by atoms with E-state index in [4.69, 9.17) is 9.47 Å². The smallest absolute Gasteiger partial charge is 0.177 e. The van der Waals surface area contributed by atoms with E-state index >= 15 is 0 Å². The SMILES string of the molecule is COc1ccc(OC)c(Cc2nc3ncc(-c4ccccc4)cc3[nH]2)c1. The molecular formula is C21H19N3O2. The monoisotopic (exact) mass is 345 g/mol. The van der Waals surface area contributed by atoms with Crippen LogP contribution in [0, 0.1) is 0 Å². The highest BCUT2D eigenvalue weighted by Crippen LogP contribution is 2.27. The molecule has 0 aliphatic carbocycles. The number of hydrogen-bond donors (Lipinski definition) is 1. The number of nitrogens with one attached hydrogen (secondary N) is 1. The number of imidazole rings is 1. The lowest BCUT2D eigenvalue weighted by Gasteiger charge is -2.09. The normalized spacial score (nSPS) is 10.8. The van der Waals surface area contributed by atoms with Gasteiger partial charge in [-0.25, -0.2) is 9.97 Å². The Bertz CT molecular complexity index is 1040. The van der Waals surface area contributed by atoms with Crippen molar-refractivity contribution >= 4 is 11.2 Å². The van der Waals surface area contributed by atoms with Crippen LogP contribution in [0.25, 0.3) is 22.3 Å². The first-order valence-corrected chi connectivity index (χ1v) is 8.38. The highest BCUT2D eigenvalue weighted by molar-refractivity contribution is 5.78. The zero-order valence-electron chi connectivity index (χ0n) is 14.7. The third-order valence-electron chi connectivity index (χ3n) is 4.34. The fourth-order valence-electron chi connectivity index (χ4n) is 3.02. The molecule has 0 saturated heterocycles. The fraction of sp³-hybridized carbons (Fsp3) is 0.143. The Balaban J connectivity index is 1.68. The van der Waals surface area contributed by atoms with Crippen molar-refractivity contribution in [1.82, 2.24) is 15.0 Å². The number of aromatic nitrogens is 3. The molecule has 5 heteroatoms. The summed E-state index contributed by atoms with van der Waals surface area (Å²) in [5.74, 6) is 2.44. The van der Waals surface area contributed by atoms with E-state index in [-0.39, 0.29) is 0 Å². The molecule has 0 amide bonds. The lowest BCUT2D eigenvalue weighted by molar-refractivity contribution is 0.399.